The average Bonchev–Trinajstić information content (AvgIpc) is 2.76. The summed E-state index contributed by atoms with van der Waals surface area (Å²) >= 11 is 2.77. The zero-order valence-electron chi connectivity index (χ0n) is 9.31. The summed E-state index contributed by atoms with van der Waals surface area (Å²) in [5.41, 5.74) is 0.880. The van der Waals surface area contributed by atoms with Gasteiger partial charge in [-0.15, -0.1) is 16.9 Å². The fourth-order valence-electron chi connectivity index (χ4n) is 1.31. The van der Waals surface area contributed by atoms with Gasteiger partial charge in [0.2, 0.25) is 0 Å². The van der Waals surface area contributed by atoms with Crippen LogP contribution in [-0.4, -0.2) is 16.1 Å². The zero-order chi connectivity index (χ0) is 12.1. The van der Waals surface area contributed by atoms with Crippen molar-refractivity contribution in [3.05, 3.63) is 35.8 Å². The Morgan fingerprint density at radius 2 is 2.24 bits per heavy atom. The average molecular weight is 269 g/mol. The third kappa shape index (κ3) is 3.17. The van der Waals surface area contributed by atoms with Crippen molar-refractivity contribution < 1.29 is 4.39 Å². The number of hydrogen-bond acceptors (Lipinski definition) is 5. The minimum Gasteiger partial charge on any atom is -0.374 e. The Kier molecular flexibility index (Phi) is 4.33. The summed E-state index contributed by atoms with van der Waals surface area (Å²) in [6, 6.07) is 6.75. The fraction of sp³-hybridized carbons (Fsp3) is 0.273. The molecular formula is C11H12FN3S2. The molecule has 0 bridgehead atoms. The molecule has 0 saturated carbocycles. The quantitative estimate of drug-likeness (QED) is 0.844. The summed E-state index contributed by atoms with van der Waals surface area (Å²) in [5.74, 6) is 0.436. The highest BCUT2D eigenvalue weighted by atomic mass is 32.2. The van der Waals surface area contributed by atoms with Crippen LogP contribution in [0, 0.1) is 5.82 Å². The predicted octanol–water partition coefficient (Wildman–Crippen LogP) is 3.40. The maximum atomic E-state index is 13.4. The zero-order valence-corrected chi connectivity index (χ0v) is 10.9. The summed E-state index contributed by atoms with van der Waals surface area (Å²) in [6.07, 6.45) is 0. The van der Waals surface area contributed by atoms with Crippen molar-refractivity contribution in [3.63, 3.8) is 0 Å². The van der Waals surface area contributed by atoms with Crippen LogP contribution < -0.4 is 5.32 Å². The van der Waals surface area contributed by atoms with Gasteiger partial charge in [0.25, 0.3) is 0 Å². The Hall–Kier alpha value is -1.14. The van der Waals surface area contributed by atoms with Crippen LogP contribution in [0.1, 0.15) is 12.6 Å². The monoisotopic (exact) mass is 269 g/mol. The first kappa shape index (κ1) is 12.3. The van der Waals surface area contributed by atoms with E-state index in [4.69, 9.17) is 0 Å². The van der Waals surface area contributed by atoms with Gasteiger partial charge in [-0.25, -0.2) is 4.39 Å². The molecule has 0 fully saturated rings. The van der Waals surface area contributed by atoms with Crippen LogP contribution in [0.25, 0.3) is 0 Å². The van der Waals surface area contributed by atoms with Crippen molar-refractivity contribution in [3.8, 4) is 0 Å². The molecule has 6 heteroatoms. The lowest BCUT2D eigenvalue weighted by Crippen LogP contribution is -1.97. The third-order valence-corrected chi connectivity index (χ3v) is 3.88. The Bertz CT molecular complexity index is 487. The minimum absolute atomic E-state index is 0.189. The highest BCUT2D eigenvalue weighted by molar-refractivity contribution is 7.98. The summed E-state index contributed by atoms with van der Waals surface area (Å²) in [7, 11) is 0. The fourth-order valence-corrected chi connectivity index (χ4v) is 2.92. The first-order valence-electron chi connectivity index (χ1n) is 5.23. The number of nitrogens with one attached hydrogen (secondary N) is 1. The second-order valence-electron chi connectivity index (χ2n) is 3.30. The molecule has 0 unspecified atom stereocenters. The van der Waals surface area contributed by atoms with Crippen molar-refractivity contribution in [2.75, 3.05) is 11.9 Å². The molecule has 90 valence electrons. The maximum Gasteiger partial charge on any atom is 0.136 e. The molecule has 17 heavy (non-hydrogen) atoms. The number of benzene rings is 1. The van der Waals surface area contributed by atoms with Crippen molar-refractivity contribution in [1.29, 1.82) is 0 Å². The van der Waals surface area contributed by atoms with Crippen LogP contribution in [0.5, 0.6) is 0 Å². The van der Waals surface area contributed by atoms with Crippen molar-refractivity contribution >= 4 is 28.3 Å². The van der Waals surface area contributed by atoms with E-state index in [1.54, 1.807) is 12.1 Å². The van der Waals surface area contributed by atoms with E-state index >= 15 is 0 Å². The molecular weight excluding hydrogens is 257 g/mol. The number of rotatable bonds is 5. The second-order valence-corrected chi connectivity index (χ2v) is 5.07. The van der Waals surface area contributed by atoms with Gasteiger partial charge < -0.3 is 5.32 Å². The molecule has 2 aromatic rings. The molecule has 0 amide bonds. The third-order valence-electron chi connectivity index (χ3n) is 2.09. The van der Waals surface area contributed by atoms with Gasteiger partial charge in [-0.3, -0.25) is 0 Å². The van der Waals surface area contributed by atoms with Crippen LogP contribution in [0.2, 0.25) is 0 Å². The first-order valence-corrected chi connectivity index (χ1v) is 6.99. The number of nitrogens with zero attached hydrogens (tertiary/aromatic N) is 2. The second kappa shape index (κ2) is 5.97. The largest absolute Gasteiger partial charge is 0.374 e. The van der Waals surface area contributed by atoms with E-state index in [1.807, 2.05) is 13.0 Å². The molecule has 0 spiro atoms. The number of halogens is 1. The molecule has 1 aromatic carbocycles. The summed E-state index contributed by atoms with van der Waals surface area (Å²) in [6.45, 7) is 2.86. The molecule has 0 atom stereocenters. The Morgan fingerprint density at radius 1 is 1.41 bits per heavy atom. The molecule has 3 nitrogen and oxygen atoms in total. The van der Waals surface area contributed by atoms with E-state index in [1.165, 1.54) is 29.4 Å². The predicted molar refractivity (Wildman–Crippen MR) is 70.0 cm³/mol. The maximum absolute atomic E-state index is 13.4. The summed E-state index contributed by atoms with van der Waals surface area (Å²) < 4.78 is 17.3. The van der Waals surface area contributed by atoms with Gasteiger partial charge in [-0.2, -0.15) is 0 Å². The molecule has 0 radical (unpaired) electrons. The lowest BCUT2D eigenvalue weighted by atomic mass is 10.3. The topological polar surface area (TPSA) is 37.8 Å². The number of thioether (sulfide) groups is 1. The van der Waals surface area contributed by atoms with Gasteiger partial charge in [-0.05, 0) is 19.1 Å². The molecule has 1 N–H and O–H groups in total. The molecule has 1 aromatic heterocycles. The SMILES string of the molecule is CCNc1snnc1CSc1ccccc1F. The van der Waals surface area contributed by atoms with Crippen LogP contribution in [0.15, 0.2) is 29.2 Å². The van der Waals surface area contributed by atoms with Gasteiger partial charge in [0.1, 0.15) is 16.5 Å². The number of aromatic nitrogens is 2. The normalized spacial score (nSPS) is 10.5. The highest BCUT2D eigenvalue weighted by Gasteiger charge is 2.09. The lowest BCUT2D eigenvalue weighted by molar-refractivity contribution is 0.602. The van der Waals surface area contributed by atoms with Crippen LogP contribution in [-0.2, 0) is 5.75 Å². The van der Waals surface area contributed by atoms with Crippen LogP contribution in [0.4, 0.5) is 9.39 Å². The van der Waals surface area contributed by atoms with Crippen molar-refractivity contribution in [2.45, 2.75) is 17.6 Å². The van der Waals surface area contributed by atoms with Gasteiger partial charge in [0.15, 0.2) is 0 Å². The summed E-state index contributed by atoms with van der Waals surface area (Å²) in [5, 5.41) is 8.20. The molecule has 0 aliphatic heterocycles. The smallest absolute Gasteiger partial charge is 0.136 e. The number of hydrogen-bond donors (Lipinski definition) is 1. The van der Waals surface area contributed by atoms with E-state index in [9.17, 15) is 4.39 Å². The number of anilines is 1. The molecule has 2 rings (SSSR count). The Labute approximate surface area is 108 Å². The van der Waals surface area contributed by atoms with E-state index in [-0.39, 0.29) is 5.82 Å². The van der Waals surface area contributed by atoms with E-state index in [0.29, 0.717) is 10.6 Å². The summed E-state index contributed by atoms with van der Waals surface area (Å²) in [4.78, 5) is 0.642. The molecule has 0 aliphatic rings. The lowest BCUT2D eigenvalue weighted by Gasteiger charge is -2.03. The first-order chi connectivity index (χ1) is 8.31. The molecule has 0 aliphatic carbocycles. The van der Waals surface area contributed by atoms with E-state index < -0.39 is 0 Å². The van der Waals surface area contributed by atoms with Gasteiger partial charge in [0.05, 0.1) is 0 Å². The molecule has 0 saturated heterocycles. The Morgan fingerprint density at radius 3 is 3.00 bits per heavy atom. The van der Waals surface area contributed by atoms with Gasteiger partial charge >= 0.3 is 0 Å². The van der Waals surface area contributed by atoms with Crippen LogP contribution in [0.3, 0.4) is 0 Å². The minimum atomic E-state index is -0.189. The van der Waals surface area contributed by atoms with Crippen LogP contribution >= 0.6 is 23.3 Å². The van der Waals surface area contributed by atoms with Gasteiger partial charge in [-0.1, -0.05) is 16.6 Å². The van der Waals surface area contributed by atoms with E-state index in [0.717, 1.165) is 17.2 Å². The Balaban J connectivity index is 2.02. The van der Waals surface area contributed by atoms with E-state index in [2.05, 4.69) is 14.9 Å². The van der Waals surface area contributed by atoms with Gasteiger partial charge in [0, 0.05) is 28.7 Å². The van der Waals surface area contributed by atoms with Crippen molar-refractivity contribution in [2.24, 2.45) is 0 Å². The standard InChI is InChI=1S/C11H12FN3S2/c1-2-13-11-9(14-15-17-11)7-16-10-6-4-3-5-8(10)12/h3-6,13H,2,7H2,1H3. The van der Waals surface area contributed by atoms with Crippen molar-refractivity contribution in [1.82, 2.24) is 9.59 Å². The highest BCUT2D eigenvalue weighted by Crippen LogP contribution is 2.28. The molecule has 1 heterocycles.